The molecule has 0 fully saturated rings. The number of ether oxygens (including phenoxy) is 2. The highest BCUT2D eigenvalue weighted by molar-refractivity contribution is 5.70. The summed E-state index contributed by atoms with van der Waals surface area (Å²) in [6.07, 6.45) is 3.36. The predicted molar refractivity (Wildman–Crippen MR) is 79.2 cm³/mol. The summed E-state index contributed by atoms with van der Waals surface area (Å²) in [6.45, 7) is 12.0. The van der Waals surface area contributed by atoms with Crippen LogP contribution in [0.4, 0.5) is 0 Å². The van der Waals surface area contributed by atoms with Crippen LogP contribution >= 0.6 is 0 Å². The van der Waals surface area contributed by atoms with Crippen LogP contribution in [0, 0.1) is 0 Å². The number of carbonyl (C=O) groups is 2. The van der Waals surface area contributed by atoms with Crippen molar-refractivity contribution in [3.8, 4) is 0 Å². The molecule has 0 heterocycles. The lowest BCUT2D eigenvalue weighted by atomic mass is 10.2. The minimum absolute atomic E-state index is 0.220. The summed E-state index contributed by atoms with van der Waals surface area (Å²) in [6, 6.07) is 0. The first-order chi connectivity index (χ1) is 9.41. The van der Waals surface area contributed by atoms with Crippen molar-refractivity contribution in [2.75, 3.05) is 13.2 Å². The molecule has 4 nitrogen and oxygen atoms in total. The van der Waals surface area contributed by atoms with E-state index in [1.807, 2.05) is 13.8 Å². The zero-order chi connectivity index (χ0) is 15.4. The summed E-state index contributed by atoms with van der Waals surface area (Å²) in [5.74, 6) is -0.441. The minimum Gasteiger partial charge on any atom is -0.465 e. The van der Waals surface area contributed by atoms with Gasteiger partial charge in [-0.05, 0) is 26.7 Å². The SMILES string of the molecule is C=C(C)CCOC(=O)CCCCC(=O)OCCC(=C)C. The fourth-order valence-corrected chi connectivity index (χ4v) is 1.36. The topological polar surface area (TPSA) is 52.6 Å². The quantitative estimate of drug-likeness (QED) is 0.330. The van der Waals surface area contributed by atoms with Gasteiger partial charge in [0, 0.05) is 25.7 Å². The maximum Gasteiger partial charge on any atom is 0.305 e. The molecule has 0 aromatic carbocycles. The number of rotatable bonds is 11. The summed E-state index contributed by atoms with van der Waals surface area (Å²) in [4.78, 5) is 22.7. The van der Waals surface area contributed by atoms with E-state index >= 15 is 0 Å². The Morgan fingerprint density at radius 1 is 0.750 bits per heavy atom. The molecule has 4 heteroatoms. The molecule has 0 bridgehead atoms. The summed E-state index contributed by atoms with van der Waals surface area (Å²) in [5, 5.41) is 0. The van der Waals surface area contributed by atoms with E-state index in [9.17, 15) is 9.59 Å². The Kier molecular flexibility index (Phi) is 10.4. The molecule has 0 N–H and O–H groups in total. The van der Waals surface area contributed by atoms with Crippen molar-refractivity contribution in [2.24, 2.45) is 0 Å². The van der Waals surface area contributed by atoms with Crippen molar-refractivity contribution in [1.29, 1.82) is 0 Å². The van der Waals surface area contributed by atoms with Crippen LogP contribution in [0.3, 0.4) is 0 Å². The first kappa shape index (κ1) is 18.4. The van der Waals surface area contributed by atoms with Gasteiger partial charge in [0.1, 0.15) is 0 Å². The molecule has 0 aromatic rings. The number of hydrogen-bond donors (Lipinski definition) is 0. The molecule has 0 saturated carbocycles. The predicted octanol–water partition coefficient (Wildman–Crippen LogP) is 3.57. The van der Waals surface area contributed by atoms with E-state index in [-0.39, 0.29) is 11.9 Å². The second-order valence-electron chi connectivity index (χ2n) is 5.06. The maximum absolute atomic E-state index is 11.3. The van der Waals surface area contributed by atoms with Gasteiger partial charge < -0.3 is 9.47 Å². The molecule has 0 unspecified atom stereocenters. The van der Waals surface area contributed by atoms with E-state index in [1.165, 1.54) is 0 Å². The van der Waals surface area contributed by atoms with Crippen molar-refractivity contribution in [1.82, 2.24) is 0 Å². The van der Waals surface area contributed by atoms with Gasteiger partial charge in [-0.3, -0.25) is 9.59 Å². The van der Waals surface area contributed by atoms with Gasteiger partial charge in [-0.15, -0.1) is 13.2 Å². The molecule has 114 valence electrons. The molecule has 0 rings (SSSR count). The highest BCUT2D eigenvalue weighted by Gasteiger charge is 2.06. The lowest BCUT2D eigenvalue weighted by Crippen LogP contribution is -2.08. The van der Waals surface area contributed by atoms with Gasteiger partial charge >= 0.3 is 11.9 Å². The normalized spacial score (nSPS) is 9.90. The third-order valence-electron chi connectivity index (χ3n) is 2.60. The van der Waals surface area contributed by atoms with Gasteiger partial charge in [0.2, 0.25) is 0 Å². The number of hydrogen-bond acceptors (Lipinski definition) is 4. The number of esters is 2. The lowest BCUT2D eigenvalue weighted by molar-refractivity contribution is -0.145. The Balaban J connectivity index is 3.46. The van der Waals surface area contributed by atoms with Gasteiger partial charge in [0.15, 0.2) is 0 Å². The van der Waals surface area contributed by atoms with Crippen LogP contribution in [0.15, 0.2) is 24.3 Å². The largest absolute Gasteiger partial charge is 0.465 e. The second-order valence-corrected chi connectivity index (χ2v) is 5.06. The third kappa shape index (κ3) is 12.9. The molecule has 0 saturated heterocycles. The van der Waals surface area contributed by atoms with E-state index in [1.54, 1.807) is 0 Å². The van der Waals surface area contributed by atoms with Gasteiger partial charge in [0.05, 0.1) is 13.2 Å². The Morgan fingerprint density at radius 2 is 1.10 bits per heavy atom. The Hall–Kier alpha value is -1.58. The van der Waals surface area contributed by atoms with E-state index in [0.29, 0.717) is 51.7 Å². The van der Waals surface area contributed by atoms with Crippen LogP contribution in [0.5, 0.6) is 0 Å². The highest BCUT2D eigenvalue weighted by Crippen LogP contribution is 2.05. The van der Waals surface area contributed by atoms with Crippen molar-refractivity contribution < 1.29 is 19.1 Å². The number of carbonyl (C=O) groups excluding carboxylic acids is 2. The Morgan fingerprint density at radius 3 is 1.40 bits per heavy atom. The fourth-order valence-electron chi connectivity index (χ4n) is 1.36. The van der Waals surface area contributed by atoms with Crippen LogP contribution < -0.4 is 0 Å². The zero-order valence-corrected chi connectivity index (χ0v) is 12.7. The maximum atomic E-state index is 11.3. The van der Waals surface area contributed by atoms with E-state index < -0.39 is 0 Å². The lowest BCUT2D eigenvalue weighted by Gasteiger charge is -2.05. The zero-order valence-electron chi connectivity index (χ0n) is 12.7. The number of unbranched alkanes of at least 4 members (excludes halogenated alkanes) is 1. The van der Waals surface area contributed by atoms with Gasteiger partial charge in [-0.1, -0.05) is 11.1 Å². The summed E-state index contributed by atoms with van der Waals surface area (Å²) in [5.41, 5.74) is 1.99. The van der Waals surface area contributed by atoms with Crippen LogP contribution in [-0.4, -0.2) is 25.2 Å². The smallest absolute Gasteiger partial charge is 0.305 e. The molecule has 0 aliphatic rings. The summed E-state index contributed by atoms with van der Waals surface area (Å²) >= 11 is 0. The molecule has 0 radical (unpaired) electrons. The van der Waals surface area contributed by atoms with Crippen LogP contribution in [0.2, 0.25) is 0 Å². The molecule has 0 amide bonds. The second kappa shape index (κ2) is 11.3. The highest BCUT2D eigenvalue weighted by atomic mass is 16.5. The average Bonchev–Trinajstić information content (AvgIpc) is 2.33. The average molecular weight is 282 g/mol. The van der Waals surface area contributed by atoms with Crippen LogP contribution in [-0.2, 0) is 19.1 Å². The van der Waals surface area contributed by atoms with Gasteiger partial charge in [-0.25, -0.2) is 0 Å². The van der Waals surface area contributed by atoms with Crippen molar-refractivity contribution in [3.63, 3.8) is 0 Å². The van der Waals surface area contributed by atoms with Crippen molar-refractivity contribution >= 4 is 11.9 Å². The molecule has 0 spiro atoms. The first-order valence-corrected chi connectivity index (χ1v) is 7.02. The monoisotopic (exact) mass is 282 g/mol. The molecule has 0 atom stereocenters. The molecular formula is C16H26O4. The minimum atomic E-state index is -0.220. The molecular weight excluding hydrogens is 256 g/mol. The van der Waals surface area contributed by atoms with E-state index in [4.69, 9.17) is 9.47 Å². The molecule has 20 heavy (non-hydrogen) atoms. The first-order valence-electron chi connectivity index (χ1n) is 7.02. The standard InChI is InChI=1S/C16H26O4/c1-13(2)9-11-19-15(17)7-5-6-8-16(18)20-12-10-14(3)4/h1,3,5-12H2,2,4H3. The van der Waals surface area contributed by atoms with Crippen molar-refractivity contribution in [3.05, 3.63) is 24.3 Å². The van der Waals surface area contributed by atoms with Crippen LogP contribution in [0.1, 0.15) is 52.4 Å². The van der Waals surface area contributed by atoms with E-state index in [2.05, 4.69) is 13.2 Å². The summed E-state index contributed by atoms with van der Waals surface area (Å²) < 4.78 is 10.1. The van der Waals surface area contributed by atoms with Crippen molar-refractivity contribution in [2.45, 2.75) is 52.4 Å². The Bertz CT molecular complexity index is 310. The summed E-state index contributed by atoms with van der Waals surface area (Å²) in [7, 11) is 0. The molecule has 0 aliphatic heterocycles. The van der Waals surface area contributed by atoms with E-state index in [0.717, 1.165) is 11.1 Å². The van der Waals surface area contributed by atoms with Gasteiger partial charge in [-0.2, -0.15) is 0 Å². The fraction of sp³-hybridized carbons (Fsp3) is 0.625. The van der Waals surface area contributed by atoms with Crippen LogP contribution in [0.25, 0.3) is 0 Å². The molecule has 0 aliphatic carbocycles. The van der Waals surface area contributed by atoms with Gasteiger partial charge in [0.25, 0.3) is 0 Å². The Labute approximate surface area is 121 Å². The third-order valence-corrected chi connectivity index (χ3v) is 2.60. The molecule has 0 aromatic heterocycles.